The molecule has 0 fully saturated rings. The highest BCUT2D eigenvalue weighted by Gasteiger charge is 2.22. The molecule has 11 rings (SSSR count). The maximum atomic E-state index is 6.63. The molecule has 0 radical (unpaired) electrons. The third kappa shape index (κ3) is 4.57. The highest BCUT2D eigenvalue weighted by Crippen LogP contribution is 2.47. The molecule has 0 N–H and O–H groups in total. The topological polar surface area (TPSA) is 42.4 Å². The first-order valence-corrected chi connectivity index (χ1v) is 18.2. The van der Waals surface area contributed by atoms with Crippen LogP contribution in [0.25, 0.3) is 86.6 Å². The van der Waals surface area contributed by atoms with E-state index in [1.165, 1.54) is 42.1 Å². The number of furan rings is 1. The van der Waals surface area contributed by atoms with E-state index < -0.39 is 0 Å². The summed E-state index contributed by atoms with van der Waals surface area (Å²) >= 11 is 1.83. The molecule has 3 aromatic heterocycles. The summed E-state index contributed by atoms with van der Waals surface area (Å²) in [5, 5.41) is 6.88. The zero-order chi connectivity index (χ0) is 34.2. The van der Waals surface area contributed by atoms with Crippen LogP contribution in [-0.4, -0.2) is 4.98 Å². The fraction of sp³-hybridized carbons (Fsp3) is 0. The highest BCUT2D eigenvalue weighted by molar-refractivity contribution is 7.26. The first kappa shape index (κ1) is 29.1. The van der Waals surface area contributed by atoms with Crippen LogP contribution in [0.2, 0.25) is 0 Å². The van der Waals surface area contributed by atoms with Crippen molar-refractivity contribution in [1.29, 1.82) is 0 Å². The van der Waals surface area contributed by atoms with E-state index >= 15 is 0 Å². The Hall–Kier alpha value is -6.69. The van der Waals surface area contributed by atoms with E-state index in [0.717, 1.165) is 55.7 Å². The van der Waals surface area contributed by atoms with Crippen molar-refractivity contribution in [3.63, 3.8) is 0 Å². The van der Waals surface area contributed by atoms with Gasteiger partial charge < -0.3 is 13.7 Å². The summed E-state index contributed by atoms with van der Waals surface area (Å²) in [6.45, 7) is 0. The van der Waals surface area contributed by atoms with Crippen molar-refractivity contribution >= 4 is 92.4 Å². The number of fused-ring (bicyclic) bond motifs is 8. The number of nitrogens with zero attached hydrogens (tertiary/aromatic N) is 2. The van der Waals surface area contributed by atoms with Gasteiger partial charge in [0.25, 0.3) is 0 Å². The number of hydrogen-bond acceptors (Lipinski definition) is 5. The first-order valence-electron chi connectivity index (χ1n) is 17.4. The SMILES string of the molecule is c1ccc(-c2ccc3cc(N(c4ccc5c(c4)oc4cccc(-c6nc7ccccc7o6)c45)c4cccc5sc6ccccc6c45)ccc3c2)cc1. The van der Waals surface area contributed by atoms with Gasteiger partial charge in [0.05, 0.1) is 5.69 Å². The van der Waals surface area contributed by atoms with Crippen LogP contribution in [0, 0.1) is 0 Å². The van der Waals surface area contributed by atoms with Gasteiger partial charge in [-0.1, -0.05) is 91.0 Å². The van der Waals surface area contributed by atoms with Gasteiger partial charge >= 0.3 is 0 Å². The summed E-state index contributed by atoms with van der Waals surface area (Å²) in [7, 11) is 0. The van der Waals surface area contributed by atoms with E-state index in [1.807, 2.05) is 47.7 Å². The molecular formula is C47H28N2O2S. The molecule has 3 heterocycles. The molecule has 11 aromatic rings. The molecule has 0 aliphatic carbocycles. The molecule has 244 valence electrons. The maximum absolute atomic E-state index is 6.63. The van der Waals surface area contributed by atoms with E-state index in [-0.39, 0.29) is 0 Å². The standard InChI is InChI=1S/C47H28N2O2S/c1-2-10-29(11-3-1)30-20-21-32-27-33(23-22-31(32)26-30)49(39-15-9-19-44-46(39)36-12-4-7-18-43(36)52-44)34-24-25-35-42(28-34)50-41-17-8-13-37(45(35)41)47-48-38-14-5-6-16-40(38)51-47/h1-28H. The van der Waals surface area contributed by atoms with E-state index in [2.05, 4.69) is 138 Å². The smallest absolute Gasteiger partial charge is 0.228 e. The van der Waals surface area contributed by atoms with Crippen LogP contribution in [0.3, 0.4) is 0 Å². The Morgan fingerprint density at radius 1 is 0.462 bits per heavy atom. The molecule has 52 heavy (non-hydrogen) atoms. The van der Waals surface area contributed by atoms with E-state index in [1.54, 1.807) is 0 Å². The molecule has 0 amide bonds. The minimum Gasteiger partial charge on any atom is -0.456 e. The number of benzene rings is 8. The van der Waals surface area contributed by atoms with Gasteiger partial charge in [-0.15, -0.1) is 11.3 Å². The minimum atomic E-state index is 0.586. The van der Waals surface area contributed by atoms with E-state index in [0.29, 0.717) is 5.89 Å². The van der Waals surface area contributed by atoms with E-state index in [9.17, 15) is 0 Å². The lowest BCUT2D eigenvalue weighted by molar-refractivity contribution is 0.620. The van der Waals surface area contributed by atoms with Gasteiger partial charge in [0.2, 0.25) is 5.89 Å². The average Bonchev–Trinajstić information content (AvgIpc) is 3.91. The van der Waals surface area contributed by atoms with Gasteiger partial charge in [-0.3, -0.25) is 0 Å². The second-order valence-corrected chi connectivity index (χ2v) is 14.2. The molecule has 8 aromatic carbocycles. The van der Waals surface area contributed by atoms with Crippen molar-refractivity contribution in [1.82, 2.24) is 4.98 Å². The van der Waals surface area contributed by atoms with Gasteiger partial charge in [0.15, 0.2) is 5.58 Å². The minimum absolute atomic E-state index is 0.586. The third-order valence-corrected chi connectivity index (χ3v) is 11.2. The summed E-state index contributed by atoms with van der Waals surface area (Å²) < 4.78 is 15.4. The monoisotopic (exact) mass is 684 g/mol. The normalized spacial score (nSPS) is 11.8. The Bertz CT molecular complexity index is 3120. The number of anilines is 3. The van der Waals surface area contributed by atoms with Gasteiger partial charge in [-0.25, -0.2) is 4.98 Å². The Balaban J connectivity index is 1.12. The van der Waals surface area contributed by atoms with Crippen molar-refractivity contribution in [2.24, 2.45) is 0 Å². The molecule has 5 heteroatoms. The number of rotatable bonds is 5. The van der Waals surface area contributed by atoms with Crippen molar-refractivity contribution in [2.75, 3.05) is 4.90 Å². The van der Waals surface area contributed by atoms with Gasteiger partial charge in [-0.05, 0) is 94.7 Å². The van der Waals surface area contributed by atoms with Gasteiger partial charge in [-0.2, -0.15) is 0 Å². The molecule has 0 atom stereocenters. The van der Waals surface area contributed by atoms with Crippen LogP contribution >= 0.6 is 11.3 Å². The molecular weight excluding hydrogens is 657 g/mol. The van der Waals surface area contributed by atoms with Crippen molar-refractivity contribution in [3.8, 4) is 22.6 Å². The Labute approximate surface area is 302 Å². The number of oxazole rings is 1. The van der Waals surface area contributed by atoms with Crippen LogP contribution in [0.1, 0.15) is 0 Å². The maximum Gasteiger partial charge on any atom is 0.228 e. The van der Waals surface area contributed by atoms with E-state index in [4.69, 9.17) is 13.8 Å². The average molecular weight is 685 g/mol. The Morgan fingerprint density at radius 2 is 1.21 bits per heavy atom. The summed E-state index contributed by atoms with van der Waals surface area (Å²) in [4.78, 5) is 7.20. The number of thiophene rings is 1. The number of aromatic nitrogens is 1. The zero-order valence-corrected chi connectivity index (χ0v) is 28.6. The Kier molecular flexibility index (Phi) is 6.39. The summed E-state index contributed by atoms with van der Waals surface area (Å²) in [5.74, 6) is 0.586. The Morgan fingerprint density at radius 3 is 2.15 bits per heavy atom. The van der Waals surface area contributed by atoms with Crippen LogP contribution in [0.5, 0.6) is 0 Å². The van der Waals surface area contributed by atoms with Crippen molar-refractivity contribution in [3.05, 3.63) is 170 Å². The largest absolute Gasteiger partial charge is 0.456 e. The highest BCUT2D eigenvalue weighted by atomic mass is 32.1. The van der Waals surface area contributed by atoms with Crippen molar-refractivity contribution < 1.29 is 8.83 Å². The first-order chi connectivity index (χ1) is 25.7. The number of para-hydroxylation sites is 2. The molecule has 0 aliphatic rings. The molecule has 0 saturated carbocycles. The van der Waals surface area contributed by atoms with Crippen LogP contribution < -0.4 is 4.90 Å². The third-order valence-electron chi connectivity index (χ3n) is 10.1. The lowest BCUT2D eigenvalue weighted by Gasteiger charge is -2.27. The summed E-state index contributed by atoms with van der Waals surface area (Å²) in [5.41, 5.74) is 9.74. The quantitative estimate of drug-likeness (QED) is 0.181. The lowest BCUT2D eigenvalue weighted by Crippen LogP contribution is -2.10. The predicted molar refractivity (Wildman–Crippen MR) is 217 cm³/mol. The summed E-state index contributed by atoms with van der Waals surface area (Å²) in [6.07, 6.45) is 0. The van der Waals surface area contributed by atoms with Crippen LogP contribution in [0.4, 0.5) is 17.1 Å². The predicted octanol–water partition coefficient (Wildman–Crippen LogP) is 14.1. The summed E-state index contributed by atoms with van der Waals surface area (Å²) in [6, 6.07) is 59.9. The lowest BCUT2D eigenvalue weighted by atomic mass is 10.0. The zero-order valence-electron chi connectivity index (χ0n) is 27.8. The fourth-order valence-corrected chi connectivity index (χ4v) is 8.80. The van der Waals surface area contributed by atoms with Crippen LogP contribution in [-0.2, 0) is 0 Å². The molecule has 0 spiro atoms. The van der Waals surface area contributed by atoms with Crippen molar-refractivity contribution in [2.45, 2.75) is 0 Å². The molecule has 0 aliphatic heterocycles. The fourth-order valence-electron chi connectivity index (χ4n) is 7.67. The number of hydrogen-bond donors (Lipinski definition) is 0. The molecule has 0 bridgehead atoms. The molecule has 4 nitrogen and oxygen atoms in total. The van der Waals surface area contributed by atoms with Gasteiger partial charge in [0.1, 0.15) is 16.7 Å². The second-order valence-electron chi connectivity index (χ2n) is 13.1. The van der Waals surface area contributed by atoms with Crippen LogP contribution in [0.15, 0.2) is 179 Å². The molecule has 0 unspecified atom stereocenters. The van der Waals surface area contributed by atoms with Gasteiger partial charge in [0, 0.05) is 53.9 Å². The molecule has 0 saturated heterocycles. The second kappa shape index (κ2) is 11.4.